The van der Waals surface area contributed by atoms with Crippen molar-refractivity contribution in [2.45, 2.75) is 0 Å². The summed E-state index contributed by atoms with van der Waals surface area (Å²) >= 11 is 0. The van der Waals surface area contributed by atoms with E-state index in [2.05, 4.69) is 28.2 Å². The molecule has 4 nitrogen and oxygen atoms in total. The number of nitrogens with one attached hydrogen (secondary N) is 1. The molecule has 0 unspecified atom stereocenters. The Morgan fingerprint density at radius 3 is 2.21 bits per heavy atom. The lowest BCUT2D eigenvalue weighted by Crippen LogP contribution is -2.44. The number of hydrogen-bond acceptors (Lipinski definition) is 3. The van der Waals surface area contributed by atoms with Crippen molar-refractivity contribution in [3.63, 3.8) is 0 Å². The highest BCUT2D eigenvalue weighted by atomic mass is 16.1. The van der Waals surface area contributed by atoms with Crippen molar-refractivity contribution in [1.29, 1.82) is 0 Å². The zero-order chi connectivity index (χ0) is 19.3. The Morgan fingerprint density at radius 1 is 0.786 bits per heavy atom. The number of carbonyl (C=O) groups excluding carboxylic acids is 1. The summed E-state index contributed by atoms with van der Waals surface area (Å²) in [4.78, 5) is 17.8. The number of rotatable bonds is 4. The first-order valence-electron chi connectivity index (χ1n) is 9.71. The van der Waals surface area contributed by atoms with Crippen LogP contribution in [0.5, 0.6) is 0 Å². The van der Waals surface area contributed by atoms with Crippen LogP contribution in [0.4, 0.5) is 11.4 Å². The Hall–Kier alpha value is -3.11. The number of piperazine rings is 1. The largest absolute Gasteiger partial charge is 0.367 e. The molecule has 4 rings (SSSR count). The van der Waals surface area contributed by atoms with Crippen LogP contribution in [0, 0.1) is 0 Å². The maximum Gasteiger partial charge on any atom is 0.256 e. The van der Waals surface area contributed by atoms with Crippen LogP contribution in [0.3, 0.4) is 0 Å². The molecule has 4 heteroatoms. The molecule has 1 aliphatic heterocycles. The van der Waals surface area contributed by atoms with Crippen molar-refractivity contribution in [2.75, 3.05) is 43.4 Å². The average molecular weight is 371 g/mol. The van der Waals surface area contributed by atoms with Gasteiger partial charge in [-0.3, -0.25) is 4.79 Å². The molecular formula is C24H25N3O. The van der Waals surface area contributed by atoms with Gasteiger partial charge >= 0.3 is 0 Å². The average Bonchev–Trinajstić information content (AvgIpc) is 2.75. The molecule has 1 N–H and O–H groups in total. The monoisotopic (exact) mass is 371 g/mol. The van der Waals surface area contributed by atoms with Crippen molar-refractivity contribution < 1.29 is 4.79 Å². The number of nitrogens with zero attached hydrogens (tertiary/aromatic N) is 2. The molecule has 142 valence electrons. The summed E-state index contributed by atoms with van der Waals surface area (Å²) in [5, 5.41) is 3.15. The second-order valence-electron chi connectivity index (χ2n) is 7.17. The van der Waals surface area contributed by atoms with Gasteiger partial charge in [-0.2, -0.15) is 0 Å². The topological polar surface area (TPSA) is 35.6 Å². The molecule has 0 atom stereocenters. The number of likely N-dealkylation sites (N-methyl/N-ethyl adjacent to an activating group) is 1. The summed E-state index contributed by atoms with van der Waals surface area (Å²) in [6.07, 6.45) is 0. The van der Waals surface area contributed by atoms with Gasteiger partial charge < -0.3 is 15.1 Å². The first-order valence-corrected chi connectivity index (χ1v) is 9.71. The van der Waals surface area contributed by atoms with E-state index in [9.17, 15) is 4.79 Å². The second kappa shape index (κ2) is 8.28. The van der Waals surface area contributed by atoms with E-state index in [-0.39, 0.29) is 5.91 Å². The van der Waals surface area contributed by atoms with Gasteiger partial charge in [-0.05, 0) is 36.4 Å². The van der Waals surface area contributed by atoms with Gasteiger partial charge in [0.25, 0.3) is 5.91 Å². The molecule has 0 bridgehead atoms. The van der Waals surface area contributed by atoms with Gasteiger partial charge in [0.05, 0.1) is 11.4 Å². The van der Waals surface area contributed by atoms with Crippen LogP contribution in [0.2, 0.25) is 0 Å². The number of para-hydroxylation sites is 2. The normalized spacial score (nSPS) is 14.7. The third-order valence-electron chi connectivity index (χ3n) is 5.25. The Morgan fingerprint density at radius 2 is 1.43 bits per heavy atom. The number of benzene rings is 3. The van der Waals surface area contributed by atoms with E-state index in [1.807, 2.05) is 72.8 Å². The Labute approximate surface area is 166 Å². The summed E-state index contributed by atoms with van der Waals surface area (Å²) in [6.45, 7) is 3.98. The minimum absolute atomic E-state index is 0.0824. The van der Waals surface area contributed by atoms with Gasteiger partial charge in [0.15, 0.2) is 0 Å². The van der Waals surface area contributed by atoms with E-state index < -0.39 is 0 Å². The van der Waals surface area contributed by atoms with E-state index in [4.69, 9.17) is 0 Å². The van der Waals surface area contributed by atoms with E-state index >= 15 is 0 Å². The number of hydrogen-bond donors (Lipinski definition) is 1. The van der Waals surface area contributed by atoms with Crippen LogP contribution < -0.4 is 10.2 Å². The van der Waals surface area contributed by atoms with Crippen LogP contribution in [-0.2, 0) is 0 Å². The van der Waals surface area contributed by atoms with E-state index in [1.165, 1.54) is 0 Å². The molecule has 0 spiro atoms. The minimum Gasteiger partial charge on any atom is -0.367 e. The summed E-state index contributed by atoms with van der Waals surface area (Å²) < 4.78 is 0. The molecule has 3 aromatic carbocycles. The molecule has 1 heterocycles. The van der Waals surface area contributed by atoms with Crippen molar-refractivity contribution in [3.8, 4) is 11.1 Å². The van der Waals surface area contributed by atoms with Crippen LogP contribution in [0.1, 0.15) is 10.4 Å². The van der Waals surface area contributed by atoms with Crippen molar-refractivity contribution in [1.82, 2.24) is 4.90 Å². The predicted molar refractivity (Wildman–Crippen MR) is 116 cm³/mol. The molecule has 28 heavy (non-hydrogen) atoms. The maximum atomic E-state index is 13.2. The number of amides is 1. The third kappa shape index (κ3) is 3.92. The van der Waals surface area contributed by atoms with Crippen LogP contribution >= 0.6 is 0 Å². The second-order valence-corrected chi connectivity index (χ2v) is 7.17. The summed E-state index contributed by atoms with van der Waals surface area (Å²) in [7, 11) is 2.14. The number of carbonyl (C=O) groups is 1. The van der Waals surface area contributed by atoms with Crippen molar-refractivity contribution >= 4 is 17.3 Å². The summed E-state index contributed by atoms with van der Waals surface area (Å²) in [5.74, 6) is -0.0824. The molecular weight excluding hydrogens is 346 g/mol. The Kier molecular flexibility index (Phi) is 5.40. The van der Waals surface area contributed by atoms with Gasteiger partial charge in [-0.25, -0.2) is 0 Å². The molecule has 1 fully saturated rings. The zero-order valence-corrected chi connectivity index (χ0v) is 16.1. The first-order chi connectivity index (χ1) is 13.7. The lowest BCUT2D eigenvalue weighted by Gasteiger charge is -2.35. The third-order valence-corrected chi connectivity index (χ3v) is 5.25. The first kappa shape index (κ1) is 18.3. The Balaban J connectivity index is 1.61. The molecule has 0 radical (unpaired) electrons. The number of anilines is 2. The maximum absolute atomic E-state index is 13.2. The van der Waals surface area contributed by atoms with Gasteiger partial charge in [0.2, 0.25) is 0 Å². The zero-order valence-electron chi connectivity index (χ0n) is 16.1. The Bertz CT molecular complexity index is 947. The van der Waals surface area contributed by atoms with Crippen molar-refractivity contribution in [3.05, 3.63) is 84.4 Å². The predicted octanol–water partition coefficient (Wildman–Crippen LogP) is 4.36. The fourth-order valence-corrected chi connectivity index (χ4v) is 3.64. The lowest BCUT2D eigenvalue weighted by atomic mass is 9.99. The SMILES string of the molecule is CN1CCN(c2ccccc2NC(=O)c2ccccc2-c2ccccc2)CC1. The van der Waals surface area contributed by atoms with Crippen LogP contribution in [0.15, 0.2) is 78.9 Å². The highest BCUT2D eigenvalue weighted by Gasteiger charge is 2.19. The van der Waals surface area contributed by atoms with Gasteiger partial charge in [0, 0.05) is 31.7 Å². The molecule has 1 saturated heterocycles. The van der Waals surface area contributed by atoms with Crippen molar-refractivity contribution in [2.24, 2.45) is 0 Å². The molecule has 0 aromatic heterocycles. The quantitative estimate of drug-likeness (QED) is 0.740. The molecule has 1 aliphatic rings. The fraction of sp³-hybridized carbons (Fsp3) is 0.208. The summed E-state index contributed by atoms with van der Waals surface area (Å²) in [6, 6.07) is 25.9. The van der Waals surface area contributed by atoms with E-state index in [1.54, 1.807) is 0 Å². The van der Waals surface area contributed by atoms with E-state index in [0.29, 0.717) is 5.56 Å². The summed E-state index contributed by atoms with van der Waals surface area (Å²) in [5.41, 5.74) is 4.61. The fourth-order valence-electron chi connectivity index (χ4n) is 3.64. The molecule has 0 saturated carbocycles. The molecule has 0 aliphatic carbocycles. The van der Waals surface area contributed by atoms with Gasteiger partial charge in [0.1, 0.15) is 0 Å². The van der Waals surface area contributed by atoms with Gasteiger partial charge in [-0.15, -0.1) is 0 Å². The highest BCUT2D eigenvalue weighted by molar-refractivity contribution is 6.10. The van der Waals surface area contributed by atoms with E-state index in [0.717, 1.165) is 48.7 Å². The van der Waals surface area contributed by atoms with Crippen LogP contribution in [0.25, 0.3) is 11.1 Å². The van der Waals surface area contributed by atoms with Gasteiger partial charge in [-0.1, -0.05) is 60.7 Å². The molecule has 3 aromatic rings. The van der Waals surface area contributed by atoms with Crippen LogP contribution in [-0.4, -0.2) is 44.0 Å². The lowest BCUT2D eigenvalue weighted by molar-refractivity contribution is 0.102. The smallest absolute Gasteiger partial charge is 0.256 e. The standard InChI is InChI=1S/C24H25N3O/c1-26-15-17-27(18-16-26)23-14-8-7-13-22(23)25-24(28)21-12-6-5-11-20(21)19-9-3-2-4-10-19/h2-14H,15-18H2,1H3,(H,25,28). The minimum atomic E-state index is -0.0824. The highest BCUT2D eigenvalue weighted by Crippen LogP contribution is 2.29. The molecule has 1 amide bonds.